The lowest BCUT2D eigenvalue weighted by atomic mass is 9.80. The van der Waals surface area contributed by atoms with E-state index in [0.29, 0.717) is 17.4 Å². The number of benzene rings is 2. The standard InChI is InChI=1S/C23H22ClFN2O/c24-17-5-1-15(2-6-17)13-23(28)27-19-8-3-16(4-9-19)20-11-12-26-22-10-7-18(25)14-21(20)22/h1-2,5-7,10-12,14,16,19H,3-4,8-9,13H2,(H,27,28)/t16-,19-. The molecule has 3 aromatic rings. The fraction of sp³-hybridized carbons (Fsp3) is 0.304. The molecule has 1 aliphatic rings. The number of carbonyl (C=O) groups excluding carboxylic acids is 1. The van der Waals surface area contributed by atoms with Crippen LogP contribution in [0.4, 0.5) is 4.39 Å². The molecular weight excluding hydrogens is 375 g/mol. The zero-order chi connectivity index (χ0) is 19.5. The Morgan fingerprint density at radius 2 is 1.82 bits per heavy atom. The summed E-state index contributed by atoms with van der Waals surface area (Å²) < 4.78 is 13.7. The first-order valence-corrected chi connectivity index (χ1v) is 10.0. The lowest BCUT2D eigenvalue weighted by molar-refractivity contribution is -0.121. The van der Waals surface area contributed by atoms with E-state index in [0.717, 1.165) is 47.7 Å². The van der Waals surface area contributed by atoms with Gasteiger partial charge in [0.15, 0.2) is 0 Å². The van der Waals surface area contributed by atoms with Crippen LogP contribution in [0, 0.1) is 5.82 Å². The molecule has 3 nitrogen and oxygen atoms in total. The number of rotatable bonds is 4. The second kappa shape index (κ2) is 8.27. The molecule has 1 fully saturated rings. The highest BCUT2D eigenvalue weighted by Crippen LogP contribution is 2.36. The number of carbonyl (C=O) groups is 1. The highest BCUT2D eigenvalue weighted by atomic mass is 35.5. The van der Waals surface area contributed by atoms with Gasteiger partial charge < -0.3 is 5.32 Å². The van der Waals surface area contributed by atoms with E-state index in [-0.39, 0.29) is 17.8 Å². The molecule has 1 saturated carbocycles. The monoisotopic (exact) mass is 396 g/mol. The van der Waals surface area contributed by atoms with E-state index in [1.165, 1.54) is 6.07 Å². The number of pyridine rings is 1. The zero-order valence-corrected chi connectivity index (χ0v) is 16.3. The molecule has 28 heavy (non-hydrogen) atoms. The van der Waals surface area contributed by atoms with Crippen molar-refractivity contribution in [2.45, 2.75) is 44.1 Å². The molecule has 0 unspecified atom stereocenters. The van der Waals surface area contributed by atoms with Crippen LogP contribution in [0.2, 0.25) is 5.02 Å². The van der Waals surface area contributed by atoms with Gasteiger partial charge in [0, 0.05) is 22.6 Å². The molecule has 0 atom stereocenters. The third-order valence-electron chi connectivity index (χ3n) is 5.55. The zero-order valence-electron chi connectivity index (χ0n) is 15.5. The average Bonchev–Trinajstić information content (AvgIpc) is 2.70. The predicted molar refractivity (Wildman–Crippen MR) is 110 cm³/mol. The van der Waals surface area contributed by atoms with E-state index < -0.39 is 0 Å². The summed E-state index contributed by atoms with van der Waals surface area (Å²) in [5.41, 5.74) is 2.95. The van der Waals surface area contributed by atoms with Crippen molar-refractivity contribution in [3.63, 3.8) is 0 Å². The molecule has 144 valence electrons. The molecular formula is C23H22ClFN2O. The molecule has 1 aromatic heterocycles. The molecule has 5 heteroatoms. The first-order valence-electron chi connectivity index (χ1n) is 9.66. The summed E-state index contributed by atoms with van der Waals surface area (Å²) in [5.74, 6) is 0.184. The molecule has 1 heterocycles. The Morgan fingerprint density at radius 1 is 1.07 bits per heavy atom. The third-order valence-corrected chi connectivity index (χ3v) is 5.80. The van der Waals surface area contributed by atoms with E-state index in [2.05, 4.69) is 10.3 Å². The van der Waals surface area contributed by atoms with Crippen LogP contribution in [0.5, 0.6) is 0 Å². The Balaban J connectivity index is 1.36. The molecule has 1 amide bonds. The van der Waals surface area contributed by atoms with Crippen molar-refractivity contribution in [2.75, 3.05) is 0 Å². The van der Waals surface area contributed by atoms with Gasteiger partial charge in [0.1, 0.15) is 5.82 Å². The van der Waals surface area contributed by atoms with Crippen molar-refractivity contribution in [3.05, 3.63) is 76.7 Å². The molecule has 1 aliphatic carbocycles. The SMILES string of the molecule is O=C(Cc1ccc(Cl)cc1)N[C@H]1CC[C@H](c2ccnc3ccc(F)cc32)CC1. The largest absolute Gasteiger partial charge is 0.353 e. The van der Waals surface area contributed by atoms with Gasteiger partial charge in [-0.3, -0.25) is 9.78 Å². The van der Waals surface area contributed by atoms with E-state index in [1.807, 2.05) is 18.2 Å². The van der Waals surface area contributed by atoms with Crippen LogP contribution in [-0.2, 0) is 11.2 Å². The smallest absolute Gasteiger partial charge is 0.224 e. The lowest BCUT2D eigenvalue weighted by Crippen LogP contribution is -2.38. The number of aromatic nitrogens is 1. The van der Waals surface area contributed by atoms with Gasteiger partial charge in [0.25, 0.3) is 0 Å². The maximum atomic E-state index is 13.7. The Kier molecular flexibility index (Phi) is 5.58. The summed E-state index contributed by atoms with van der Waals surface area (Å²) in [5, 5.41) is 4.73. The second-order valence-corrected chi connectivity index (χ2v) is 7.92. The quantitative estimate of drug-likeness (QED) is 0.640. The van der Waals surface area contributed by atoms with Crippen LogP contribution in [0.3, 0.4) is 0 Å². The summed E-state index contributed by atoms with van der Waals surface area (Å²) >= 11 is 5.89. The van der Waals surface area contributed by atoms with Crippen molar-refractivity contribution in [2.24, 2.45) is 0 Å². The van der Waals surface area contributed by atoms with Gasteiger partial charge in [-0.15, -0.1) is 0 Å². The second-order valence-electron chi connectivity index (χ2n) is 7.48. The number of amides is 1. The van der Waals surface area contributed by atoms with Gasteiger partial charge in [-0.25, -0.2) is 4.39 Å². The Labute approximate surface area is 168 Å². The number of hydrogen-bond donors (Lipinski definition) is 1. The van der Waals surface area contributed by atoms with Crippen LogP contribution < -0.4 is 5.32 Å². The average molecular weight is 397 g/mol. The van der Waals surface area contributed by atoms with E-state index in [4.69, 9.17) is 11.6 Å². The van der Waals surface area contributed by atoms with Gasteiger partial charge in [-0.1, -0.05) is 23.7 Å². The lowest BCUT2D eigenvalue weighted by Gasteiger charge is -2.30. The van der Waals surface area contributed by atoms with Crippen molar-refractivity contribution >= 4 is 28.4 Å². The number of nitrogens with zero attached hydrogens (tertiary/aromatic N) is 1. The highest BCUT2D eigenvalue weighted by Gasteiger charge is 2.24. The van der Waals surface area contributed by atoms with Gasteiger partial charge in [0.05, 0.1) is 11.9 Å². The Hall–Kier alpha value is -2.46. The van der Waals surface area contributed by atoms with Crippen LogP contribution >= 0.6 is 11.6 Å². The van der Waals surface area contributed by atoms with Crippen LogP contribution in [0.1, 0.15) is 42.7 Å². The molecule has 0 bridgehead atoms. The molecule has 2 aromatic carbocycles. The number of fused-ring (bicyclic) bond motifs is 1. The molecule has 0 radical (unpaired) electrons. The molecule has 0 aliphatic heterocycles. The Morgan fingerprint density at radius 3 is 2.57 bits per heavy atom. The minimum absolute atomic E-state index is 0.0437. The number of nitrogens with one attached hydrogen (secondary N) is 1. The highest BCUT2D eigenvalue weighted by molar-refractivity contribution is 6.30. The third kappa shape index (κ3) is 4.33. The van der Waals surface area contributed by atoms with Crippen LogP contribution in [0.15, 0.2) is 54.7 Å². The maximum Gasteiger partial charge on any atom is 0.224 e. The van der Waals surface area contributed by atoms with Gasteiger partial charge >= 0.3 is 0 Å². The van der Waals surface area contributed by atoms with Gasteiger partial charge in [-0.05, 0) is 79.1 Å². The van der Waals surface area contributed by atoms with Gasteiger partial charge in [0.2, 0.25) is 5.91 Å². The van der Waals surface area contributed by atoms with Crippen molar-refractivity contribution in [1.82, 2.24) is 10.3 Å². The van der Waals surface area contributed by atoms with E-state index in [1.54, 1.807) is 30.5 Å². The number of halogens is 2. The van der Waals surface area contributed by atoms with Crippen molar-refractivity contribution in [1.29, 1.82) is 0 Å². The van der Waals surface area contributed by atoms with Crippen molar-refractivity contribution < 1.29 is 9.18 Å². The minimum atomic E-state index is -0.232. The normalized spacial score (nSPS) is 19.5. The minimum Gasteiger partial charge on any atom is -0.353 e. The number of hydrogen-bond acceptors (Lipinski definition) is 2. The molecule has 0 spiro atoms. The first-order chi connectivity index (χ1) is 13.6. The van der Waals surface area contributed by atoms with Crippen LogP contribution in [0.25, 0.3) is 10.9 Å². The molecule has 0 saturated heterocycles. The van der Waals surface area contributed by atoms with E-state index in [9.17, 15) is 9.18 Å². The maximum absolute atomic E-state index is 13.7. The fourth-order valence-corrected chi connectivity index (χ4v) is 4.24. The molecule has 1 N–H and O–H groups in total. The van der Waals surface area contributed by atoms with Crippen LogP contribution in [-0.4, -0.2) is 16.9 Å². The summed E-state index contributed by atoms with van der Waals surface area (Å²) in [4.78, 5) is 16.7. The fourth-order valence-electron chi connectivity index (χ4n) is 4.11. The Bertz CT molecular complexity index is 982. The van der Waals surface area contributed by atoms with E-state index >= 15 is 0 Å². The topological polar surface area (TPSA) is 42.0 Å². The summed E-state index contributed by atoms with van der Waals surface area (Å²) in [7, 11) is 0. The van der Waals surface area contributed by atoms with Crippen molar-refractivity contribution in [3.8, 4) is 0 Å². The summed E-state index contributed by atoms with van der Waals surface area (Å²) in [6.07, 6.45) is 5.97. The molecule has 4 rings (SSSR count). The summed E-state index contributed by atoms with van der Waals surface area (Å²) in [6.45, 7) is 0. The first kappa shape index (κ1) is 18.9. The predicted octanol–water partition coefficient (Wildman–Crippen LogP) is 5.41. The van der Waals surface area contributed by atoms with Gasteiger partial charge in [-0.2, -0.15) is 0 Å². The summed E-state index contributed by atoms with van der Waals surface area (Å²) in [6, 6.07) is 14.3.